The molecule has 14 heavy (non-hydrogen) atoms. The third-order valence-electron chi connectivity index (χ3n) is 1.97. The Bertz CT molecular complexity index is 121. The Kier molecular flexibility index (Phi) is 8.14. The Morgan fingerprint density at radius 3 is 1.93 bits per heavy atom. The van der Waals surface area contributed by atoms with Crippen molar-refractivity contribution in [2.75, 3.05) is 40.9 Å². The monoisotopic (exact) mass is 204 g/mol. The van der Waals surface area contributed by atoms with Crippen LogP contribution in [-0.4, -0.2) is 45.4 Å². The van der Waals surface area contributed by atoms with Crippen molar-refractivity contribution in [3.05, 3.63) is 0 Å². The first-order valence-corrected chi connectivity index (χ1v) is 5.61. The van der Waals surface area contributed by atoms with E-state index in [0.717, 1.165) is 30.5 Å². The lowest BCUT2D eigenvalue weighted by Gasteiger charge is -2.23. The quantitative estimate of drug-likeness (QED) is 0.248. The fourth-order valence-corrected chi connectivity index (χ4v) is 1.13. The van der Waals surface area contributed by atoms with Crippen molar-refractivity contribution in [2.24, 2.45) is 0 Å². The summed E-state index contributed by atoms with van der Waals surface area (Å²) in [5, 5.41) is 0. The van der Waals surface area contributed by atoms with Crippen LogP contribution in [0.5, 0.6) is 0 Å². The second-order valence-corrected chi connectivity index (χ2v) is 4.72. The average Bonchev–Trinajstić information content (AvgIpc) is 2.08. The van der Waals surface area contributed by atoms with Gasteiger partial charge in [-0.2, -0.15) is 0 Å². The molecule has 0 saturated heterocycles. The molecule has 0 aromatic rings. The molecule has 0 saturated carbocycles. The maximum Gasteiger partial charge on any atom is 0.0875 e. The number of hydrogen-bond donors (Lipinski definition) is 0. The highest BCUT2D eigenvalue weighted by Gasteiger charge is 2.05. The molecule has 0 atom stereocenters. The van der Waals surface area contributed by atoms with E-state index < -0.39 is 0 Å². The highest BCUT2D eigenvalue weighted by molar-refractivity contribution is 4.34. The first-order chi connectivity index (χ1) is 6.56. The lowest BCUT2D eigenvalue weighted by Crippen LogP contribution is -2.35. The maximum absolute atomic E-state index is 5.07. The van der Waals surface area contributed by atoms with E-state index in [2.05, 4.69) is 28.1 Å². The number of hydrogen-bond acceptors (Lipinski definition) is 2. The number of nitrogens with zero attached hydrogens (tertiary/aromatic N) is 1. The first-order valence-electron chi connectivity index (χ1n) is 5.61. The molecule has 0 radical (unpaired) electrons. The summed E-state index contributed by atoms with van der Waals surface area (Å²) in [5.41, 5.74) is 0. The van der Waals surface area contributed by atoms with Gasteiger partial charge in [0, 0.05) is 6.42 Å². The summed E-state index contributed by atoms with van der Waals surface area (Å²) >= 11 is 0. The molecule has 0 amide bonds. The van der Waals surface area contributed by atoms with Crippen LogP contribution < -0.4 is 0 Å². The minimum atomic E-state index is 0.710. The van der Waals surface area contributed by atoms with Crippen LogP contribution in [-0.2, 0) is 9.78 Å². The second-order valence-electron chi connectivity index (χ2n) is 4.72. The summed E-state index contributed by atoms with van der Waals surface area (Å²) in [6, 6.07) is 0. The molecule has 0 heterocycles. The Hall–Kier alpha value is -0.120. The fourth-order valence-electron chi connectivity index (χ4n) is 1.13. The first kappa shape index (κ1) is 13.9. The highest BCUT2D eigenvalue weighted by Crippen LogP contribution is 1.97. The SMILES string of the molecule is CCCCCOOCCC[N+](C)(C)C. The Morgan fingerprint density at radius 2 is 1.43 bits per heavy atom. The molecule has 0 rings (SSSR count). The van der Waals surface area contributed by atoms with Crippen molar-refractivity contribution in [1.29, 1.82) is 0 Å². The van der Waals surface area contributed by atoms with Gasteiger partial charge >= 0.3 is 0 Å². The van der Waals surface area contributed by atoms with Gasteiger partial charge < -0.3 is 4.48 Å². The minimum absolute atomic E-state index is 0.710. The van der Waals surface area contributed by atoms with Crippen LogP contribution in [0.25, 0.3) is 0 Å². The van der Waals surface area contributed by atoms with Gasteiger partial charge in [0.05, 0.1) is 40.9 Å². The van der Waals surface area contributed by atoms with Crippen LogP contribution in [0.2, 0.25) is 0 Å². The molecule has 0 bridgehead atoms. The van der Waals surface area contributed by atoms with E-state index in [9.17, 15) is 0 Å². The number of quaternary nitrogens is 1. The summed E-state index contributed by atoms with van der Waals surface area (Å²) < 4.78 is 0.985. The zero-order chi connectivity index (χ0) is 10.9. The van der Waals surface area contributed by atoms with Gasteiger partial charge in [0.25, 0.3) is 0 Å². The standard InChI is InChI=1S/C11H26NO2/c1-5-6-7-10-13-14-11-8-9-12(2,3)4/h5-11H2,1-4H3/q+1. The molecule has 0 aliphatic rings. The summed E-state index contributed by atoms with van der Waals surface area (Å²) in [5.74, 6) is 0. The van der Waals surface area contributed by atoms with Crippen LogP contribution in [0, 0.1) is 0 Å². The van der Waals surface area contributed by atoms with Crippen LogP contribution >= 0.6 is 0 Å². The van der Waals surface area contributed by atoms with Gasteiger partial charge in [0.15, 0.2) is 0 Å². The molecule has 3 heteroatoms. The molecular weight excluding hydrogens is 178 g/mol. The molecule has 0 aliphatic carbocycles. The highest BCUT2D eigenvalue weighted by atomic mass is 17.2. The normalized spacial score (nSPS) is 12.0. The molecule has 0 N–H and O–H groups in total. The third kappa shape index (κ3) is 11.9. The van der Waals surface area contributed by atoms with Crippen LogP contribution in [0.4, 0.5) is 0 Å². The van der Waals surface area contributed by atoms with Gasteiger partial charge in [-0.3, -0.25) is 0 Å². The summed E-state index contributed by atoms with van der Waals surface area (Å²) in [7, 11) is 6.55. The molecule has 0 fully saturated rings. The van der Waals surface area contributed by atoms with E-state index in [1.807, 2.05) is 0 Å². The molecule has 0 unspecified atom stereocenters. The van der Waals surface area contributed by atoms with Gasteiger partial charge in [-0.1, -0.05) is 19.8 Å². The van der Waals surface area contributed by atoms with Gasteiger partial charge in [-0.15, -0.1) is 0 Å². The summed E-state index contributed by atoms with van der Waals surface area (Å²) in [6.45, 7) is 4.75. The Labute approximate surface area is 88.5 Å². The van der Waals surface area contributed by atoms with Crippen LogP contribution in [0.3, 0.4) is 0 Å². The summed E-state index contributed by atoms with van der Waals surface area (Å²) in [6.07, 6.45) is 4.61. The molecule has 3 nitrogen and oxygen atoms in total. The molecule has 0 aromatic carbocycles. The van der Waals surface area contributed by atoms with Crippen molar-refractivity contribution in [3.63, 3.8) is 0 Å². The molecule has 0 spiro atoms. The van der Waals surface area contributed by atoms with E-state index in [4.69, 9.17) is 9.78 Å². The van der Waals surface area contributed by atoms with Crippen molar-refractivity contribution in [1.82, 2.24) is 0 Å². The van der Waals surface area contributed by atoms with E-state index in [1.54, 1.807) is 0 Å². The van der Waals surface area contributed by atoms with E-state index in [0.29, 0.717) is 6.61 Å². The molecule has 86 valence electrons. The van der Waals surface area contributed by atoms with E-state index >= 15 is 0 Å². The van der Waals surface area contributed by atoms with Gasteiger partial charge in [0.2, 0.25) is 0 Å². The number of unbranched alkanes of at least 4 members (excludes halogenated alkanes) is 2. The van der Waals surface area contributed by atoms with Crippen molar-refractivity contribution in [2.45, 2.75) is 32.6 Å². The molecular formula is C11H26NO2+. The van der Waals surface area contributed by atoms with Gasteiger partial charge in [-0.05, 0) is 6.42 Å². The van der Waals surface area contributed by atoms with Gasteiger partial charge in [0.1, 0.15) is 0 Å². The Morgan fingerprint density at radius 1 is 0.857 bits per heavy atom. The zero-order valence-electron chi connectivity index (χ0n) is 10.2. The minimum Gasteiger partial charge on any atom is -0.331 e. The third-order valence-corrected chi connectivity index (χ3v) is 1.97. The van der Waals surface area contributed by atoms with Crippen molar-refractivity contribution in [3.8, 4) is 0 Å². The second kappa shape index (κ2) is 8.21. The van der Waals surface area contributed by atoms with Crippen molar-refractivity contribution >= 4 is 0 Å². The number of rotatable bonds is 9. The van der Waals surface area contributed by atoms with Gasteiger partial charge in [-0.25, -0.2) is 9.78 Å². The average molecular weight is 204 g/mol. The van der Waals surface area contributed by atoms with E-state index in [1.165, 1.54) is 12.8 Å². The fraction of sp³-hybridized carbons (Fsp3) is 1.00. The predicted molar refractivity (Wildman–Crippen MR) is 58.9 cm³/mol. The lowest BCUT2D eigenvalue weighted by atomic mass is 10.3. The summed E-state index contributed by atoms with van der Waals surface area (Å²) in [4.78, 5) is 10.1. The topological polar surface area (TPSA) is 18.5 Å². The molecule has 0 aromatic heterocycles. The lowest BCUT2D eigenvalue weighted by molar-refractivity contribution is -0.870. The van der Waals surface area contributed by atoms with E-state index in [-0.39, 0.29) is 0 Å². The zero-order valence-corrected chi connectivity index (χ0v) is 10.2. The Balaban J connectivity index is 2.99. The largest absolute Gasteiger partial charge is 0.331 e. The predicted octanol–water partition coefficient (Wildman–Crippen LogP) is 2.22. The van der Waals surface area contributed by atoms with Crippen LogP contribution in [0.15, 0.2) is 0 Å². The van der Waals surface area contributed by atoms with Crippen LogP contribution in [0.1, 0.15) is 32.6 Å². The van der Waals surface area contributed by atoms with Crippen molar-refractivity contribution < 1.29 is 14.3 Å². The molecule has 0 aliphatic heterocycles. The maximum atomic E-state index is 5.07. The smallest absolute Gasteiger partial charge is 0.0875 e.